The number of nitrogens with zero attached hydrogens (tertiary/aromatic N) is 1. The molecule has 1 rings (SSSR count). The van der Waals surface area contributed by atoms with Crippen LogP contribution in [0.5, 0.6) is 0 Å². The molecule has 0 aliphatic rings. The van der Waals surface area contributed by atoms with Crippen LogP contribution in [-0.2, 0) is 0 Å². The number of aliphatic hydroxyl groups is 1. The van der Waals surface area contributed by atoms with Gasteiger partial charge in [0.25, 0.3) is 0 Å². The molecule has 1 heterocycles. The van der Waals surface area contributed by atoms with Gasteiger partial charge in [0, 0.05) is 6.54 Å². The molecule has 5 nitrogen and oxygen atoms in total. The lowest BCUT2D eigenvalue weighted by molar-refractivity contribution is 0.0690. The Morgan fingerprint density at radius 3 is 2.56 bits per heavy atom. The summed E-state index contributed by atoms with van der Waals surface area (Å²) in [5.41, 5.74) is 0.788. The van der Waals surface area contributed by atoms with Crippen LogP contribution in [0.15, 0.2) is 18.3 Å². The van der Waals surface area contributed by atoms with E-state index in [4.69, 9.17) is 5.11 Å². The molecule has 0 saturated carbocycles. The van der Waals surface area contributed by atoms with Gasteiger partial charge in [-0.1, -0.05) is 20.8 Å². The lowest BCUT2D eigenvalue weighted by Gasteiger charge is -2.22. The van der Waals surface area contributed by atoms with Crippen molar-refractivity contribution in [3.8, 4) is 0 Å². The number of rotatable bonds is 5. The highest BCUT2D eigenvalue weighted by molar-refractivity contribution is 5.85. The molecule has 1 aromatic heterocycles. The number of carbonyl (C=O) groups is 1. The van der Waals surface area contributed by atoms with Crippen molar-refractivity contribution in [2.75, 3.05) is 11.9 Å². The molecule has 18 heavy (non-hydrogen) atoms. The van der Waals surface area contributed by atoms with Gasteiger partial charge < -0.3 is 15.5 Å². The van der Waals surface area contributed by atoms with E-state index in [1.807, 2.05) is 0 Å². The zero-order chi connectivity index (χ0) is 13.8. The highest BCUT2D eigenvalue weighted by Crippen LogP contribution is 2.20. The minimum absolute atomic E-state index is 0.00999. The van der Waals surface area contributed by atoms with Gasteiger partial charge in [0.05, 0.1) is 18.0 Å². The smallest absolute Gasteiger partial charge is 0.354 e. The number of carboxylic acid groups (broad SMARTS) is 1. The van der Waals surface area contributed by atoms with Gasteiger partial charge >= 0.3 is 5.97 Å². The van der Waals surface area contributed by atoms with Crippen molar-refractivity contribution < 1.29 is 15.0 Å². The van der Waals surface area contributed by atoms with Crippen molar-refractivity contribution >= 4 is 11.7 Å². The standard InChI is InChI=1S/C13H20N2O3/c1-13(2,3)6-10(16)8-14-9-4-5-11(12(17)18)15-7-9/h4-5,7,10,14,16H,6,8H2,1-3H3,(H,17,18). The largest absolute Gasteiger partial charge is 0.477 e. The molecule has 0 spiro atoms. The van der Waals surface area contributed by atoms with E-state index in [1.54, 1.807) is 6.07 Å². The first-order valence-electron chi connectivity index (χ1n) is 5.89. The zero-order valence-corrected chi connectivity index (χ0v) is 11.0. The highest BCUT2D eigenvalue weighted by atomic mass is 16.4. The van der Waals surface area contributed by atoms with E-state index in [0.29, 0.717) is 18.7 Å². The highest BCUT2D eigenvalue weighted by Gasteiger charge is 2.16. The summed E-state index contributed by atoms with van der Waals surface area (Å²) in [6.45, 7) is 6.63. The van der Waals surface area contributed by atoms with Gasteiger partial charge in [-0.15, -0.1) is 0 Å². The maximum absolute atomic E-state index is 10.6. The quantitative estimate of drug-likeness (QED) is 0.746. The molecule has 0 radical (unpaired) electrons. The first-order valence-corrected chi connectivity index (χ1v) is 5.89. The number of nitrogens with one attached hydrogen (secondary N) is 1. The summed E-state index contributed by atoms with van der Waals surface area (Å²) in [6, 6.07) is 3.07. The average molecular weight is 252 g/mol. The van der Waals surface area contributed by atoms with Crippen molar-refractivity contribution in [1.82, 2.24) is 4.98 Å². The fourth-order valence-corrected chi connectivity index (χ4v) is 1.64. The zero-order valence-electron chi connectivity index (χ0n) is 11.0. The number of aliphatic hydroxyl groups excluding tert-OH is 1. The normalized spacial score (nSPS) is 13.1. The summed E-state index contributed by atoms with van der Waals surface area (Å²) < 4.78 is 0. The van der Waals surface area contributed by atoms with Gasteiger partial charge in [0.15, 0.2) is 0 Å². The Morgan fingerprint density at radius 1 is 1.44 bits per heavy atom. The topological polar surface area (TPSA) is 82.5 Å². The summed E-state index contributed by atoms with van der Waals surface area (Å²) in [4.78, 5) is 14.4. The molecule has 0 bridgehead atoms. The monoisotopic (exact) mass is 252 g/mol. The van der Waals surface area contributed by atoms with Crippen LogP contribution in [-0.4, -0.2) is 33.8 Å². The molecule has 0 aliphatic carbocycles. The van der Waals surface area contributed by atoms with Crippen LogP contribution in [0.3, 0.4) is 0 Å². The first kappa shape index (κ1) is 14.4. The fraction of sp³-hybridized carbons (Fsp3) is 0.538. The summed E-state index contributed by atoms with van der Waals surface area (Å²) in [5.74, 6) is -1.05. The van der Waals surface area contributed by atoms with E-state index < -0.39 is 12.1 Å². The third-order valence-corrected chi connectivity index (χ3v) is 2.37. The number of pyridine rings is 1. The molecule has 100 valence electrons. The van der Waals surface area contributed by atoms with Crippen LogP contribution < -0.4 is 5.32 Å². The second kappa shape index (κ2) is 5.82. The van der Waals surface area contributed by atoms with Crippen molar-refractivity contribution in [1.29, 1.82) is 0 Å². The number of carboxylic acids is 1. The molecular formula is C13H20N2O3. The second-order valence-corrected chi connectivity index (χ2v) is 5.54. The van der Waals surface area contributed by atoms with E-state index in [0.717, 1.165) is 0 Å². The van der Waals surface area contributed by atoms with E-state index in [-0.39, 0.29) is 11.1 Å². The predicted molar refractivity (Wildman–Crippen MR) is 69.8 cm³/mol. The summed E-state index contributed by atoms with van der Waals surface area (Å²) in [5, 5.41) is 21.5. The van der Waals surface area contributed by atoms with E-state index in [2.05, 4.69) is 31.1 Å². The van der Waals surface area contributed by atoms with Gasteiger partial charge in [-0.2, -0.15) is 0 Å². The molecule has 0 aliphatic heterocycles. The molecular weight excluding hydrogens is 232 g/mol. The Kier molecular flexibility index (Phi) is 4.67. The number of hydrogen-bond donors (Lipinski definition) is 3. The molecule has 0 saturated heterocycles. The van der Waals surface area contributed by atoms with Crippen molar-refractivity contribution in [3.63, 3.8) is 0 Å². The first-order chi connectivity index (χ1) is 8.28. The SMILES string of the molecule is CC(C)(C)CC(O)CNc1ccc(C(=O)O)nc1. The maximum atomic E-state index is 10.6. The van der Waals surface area contributed by atoms with Gasteiger partial charge in [-0.3, -0.25) is 0 Å². The van der Waals surface area contributed by atoms with E-state index >= 15 is 0 Å². The summed E-state index contributed by atoms with van der Waals surface area (Å²) >= 11 is 0. The Hall–Kier alpha value is -1.62. The van der Waals surface area contributed by atoms with Crippen molar-refractivity contribution in [2.45, 2.75) is 33.3 Å². The molecule has 0 aromatic carbocycles. The van der Waals surface area contributed by atoms with Crippen LogP contribution in [0.4, 0.5) is 5.69 Å². The van der Waals surface area contributed by atoms with Crippen LogP contribution in [0.2, 0.25) is 0 Å². The molecule has 1 atom stereocenters. The van der Waals surface area contributed by atoms with Gasteiger partial charge in [0.1, 0.15) is 5.69 Å². The number of hydrogen-bond acceptors (Lipinski definition) is 4. The second-order valence-electron chi connectivity index (χ2n) is 5.54. The van der Waals surface area contributed by atoms with Crippen molar-refractivity contribution in [2.24, 2.45) is 5.41 Å². The number of aromatic nitrogens is 1. The third-order valence-electron chi connectivity index (χ3n) is 2.37. The number of aromatic carboxylic acids is 1. The van der Waals surface area contributed by atoms with Crippen LogP contribution in [0.1, 0.15) is 37.7 Å². The number of anilines is 1. The van der Waals surface area contributed by atoms with Crippen LogP contribution in [0.25, 0.3) is 0 Å². The van der Waals surface area contributed by atoms with Crippen LogP contribution in [0, 0.1) is 5.41 Å². The van der Waals surface area contributed by atoms with Crippen molar-refractivity contribution in [3.05, 3.63) is 24.0 Å². The van der Waals surface area contributed by atoms with Gasteiger partial charge in [0.2, 0.25) is 0 Å². The average Bonchev–Trinajstić information content (AvgIpc) is 2.24. The Bertz CT molecular complexity index is 396. The van der Waals surface area contributed by atoms with E-state index in [9.17, 15) is 9.90 Å². The molecule has 0 fully saturated rings. The van der Waals surface area contributed by atoms with Crippen LogP contribution >= 0.6 is 0 Å². The Labute approximate surface area is 107 Å². The summed E-state index contributed by atoms with van der Waals surface area (Å²) in [6.07, 6.45) is 1.71. The molecule has 3 N–H and O–H groups in total. The predicted octanol–water partition coefficient (Wildman–Crippen LogP) is 1.99. The minimum atomic E-state index is -1.05. The lowest BCUT2D eigenvalue weighted by Crippen LogP contribution is -2.25. The molecule has 1 aromatic rings. The third kappa shape index (κ3) is 5.14. The molecule has 1 unspecified atom stereocenters. The molecule has 0 amide bonds. The lowest BCUT2D eigenvalue weighted by atomic mass is 9.89. The van der Waals surface area contributed by atoms with E-state index in [1.165, 1.54) is 12.3 Å². The Morgan fingerprint density at radius 2 is 2.11 bits per heavy atom. The van der Waals surface area contributed by atoms with Gasteiger partial charge in [-0.25, -0.2) is 9.78 Å². The van der Waals surface area contributed by atoms with Gasteiger partial charge in [-0.05, 0) is 24.0 Å². The maximum Gasteiger partial charge on any atom is 0.354 e. The Balaban J connectivity index is 2.46. The molecule has 5 heteroatoms. The minimum Gasteiger partial charge on any atom is -0.477 e. The summed E-state index contributed by atoms with van der Waals surface area (Å²) in [7, 11) is 0. The fourth-order valence-electron chi connectivity index (χ4n) is 1.64.